The first-order valence-electron chi connectivity index (χ1n) is 5.63. The number of benzene rings is 2. The Balaban J connectivity index is 0.000000111. The van der Waals surface area contributed by atoms with E-state index in [2.05, 4.69) is 32.8 Å². The van der Waals surface area contributed by atoms with Gasteiger partial charge in [0.25, 0.3) is 0 Å². The van der Waals surface area contributed by atoms with Crippen LogP contribution < -0.4 is 0 Å². The van der Waals surface area contributed by atoms with Gasteiger partial charge in [-0.3, -0.25) is 0 Å². The maximum Gasteiger partial charge on any atom is 0.105 e. The summed E-state index contributed by atoms with van der Waals surface area (Å²) in [5.74, 6) is 0. The number of para-hydroxylation sites is 1. The van der Waals surface area contributed by atoms with Crippen LogP contribution in [0, 0.1) is 0 Å². The van der Waals surface area contributed by atoms with Gasteiger partial charge in [0.1, 0.15) is 5.52 Å². The Bertz CT molecular complexity index is 631. The predicted molar refractivity (Wildman–Crippen MR) is 75.7 cm³/mol. The molecule has 4 aromatic rings. The normalized spacial score (nSPS) is 10.2. The maximum atomic E-state index is 3.89. The molecular formula is C14H11N3S. The van der Waals surface area contributed by atoms with Crippen LogP contribution in [0.25, 0.3) is 21.1 Å². The largest absolute Gasteiger partial charge is 0.361 e. The molecule has 4 heteroatoms. The molecule has 0 saturated carbocycles. The van der Waals surface area contributed by atoms with Crippen molar-refractivity contribution in [3.63, 3.8) is 0 Å². The van der Waals surface area contributed by atoms with Crippen molar-refractivity contribution < 1.29 is 0 Å². The molecule has 88 valence electrons. The molecule has 0 spiro atoms. The summed E-state index contributed by atoms with van der Waals surface area (Å²) in [6.45, 7) is 0. The van der Waals surface area contributed by atoms with Crippen LogP contribution in [0.5, 0.6) is 0 Å². The topological polar surface area (TPSA) is 41.6 Å². The number of aromatic nitrogens is 3. The summed E-state index contributed by atoms with van der Waals surface area (Å²) in [4.78, 5) is 3.12. The zero-order chi connectivity index (χ0) is 12.2. The fourth-order valence-corrected chi connectivity index (χ4v) is 2.28. The van der Waals surface area contributed by atoms with E-state index in [4.69, 9.17) is 0 Å². The standard InChI is InChI=1S/C8H7N.C6H4N2S/c1-2-4-8-7(3-1)5-6-9-8;1-2-4-6-5(3-1)7-8-9-6/h1-6,9H;1-4H. The fraction of sp³-hybridized carbons (Fsp3) is 0. The summed E-state index contributed by atoms with van der Waals surface area (Å²) in [6, 6.07) is 18.2. The zero-order valence-corrected chi connectivity index (χ0v) is 10.4. The zero-order valence-electron chi connectivity index (χ0n) is 9.58. The van der Waals surface area contributed by atoms with Crippen LogP contribution >= 0.6 is 11.5 Å². The molecule has 2 aromatic carbocycles. The van der Waals surface area contributed by atoms with Crippen LogP contribution in [-0.2, 0) is 0 Å². The Kier molecular flexibility index (Phi) is 3.02. The van der Waals surface area contributed by atoms with Crippen molar-refractivity contribution in [1.29, 1.82) is 0 Å². The van der Waals surface area contributed by atoms with Gasteiger partial charge in [0.2, 0.25) is 0 Å². The Morgan fingerprint density at radius 3 is 2.61 bits per heavy atom. The second-order valence-electron chi connectivity index (χ2n) is 3.81. The van der Waals surface area contributed by atoms with Crippen LogP contribution in [-0.4, -0.2) is 14.6 Å². The minimum Gasteiger partial charge on any atom is -0.361 e. The summed E-state index contributed by atoms with van der Waals surface area (Å²) in [7, 11) is 0. The molecule has 1 N–H and O–H groups in total. The van der Waals surface area contributed by atoms with Gasteiger partial charge in [0, 0.05) is 11.7 Å². The van der Waals surface area contributed by atoms with Crippen molar-refractivity contribution in [3.05, 3.63) is 60.8 Å². The summed E-state index contributed by atoms with van der Waals surface area (Å²) in [6.07, 6.45) is 1.95. The second-order valence-corrected chi connectivity index (χ2v) is 4.59. The van der Waals surface area contributed by atoms with E-state index >= 15 is 0 Å². The van der Waals surface area contributed by atoms with Crippen LogP contribution in [0.15, 0.2) is 60.8 Å². The van der Waals surface area contributed by atoms with E-state index in [0.717, 1.165) is 10.2 Å². The molecule has 4 rings (SSSR count). The third-order valence-corrected chi connectivity index (χ3v) is 3.32. The van der Waals surface area contributed by atoms with Crippen molar-refractivity contribution in [2.45, 2.75) is 0 Å². The lowest BCUT2D eigenvalue weighted by molar-refractivity contribution is 1.20. The van der Waals surface area contributed by atoms with Gasteiger partial charge in [-0.15, -0.1) is 5.10 Å². The second kappa shape index (κ2) is 4.98. The van der Waals surface area contributed by atoms with Gasteiger partial charge in [-0.2, -0.15) is 0 Å². The molecule has 0 fully saturated rings. The highest BCUT2D eigenvalue weighted by atomic mass is 32.1. The summed E-state index contributed by atoms with van der Waals surface area (Å²) < 4.78 is 4.94. The van der Waals surface area contributed by atoms with Crippen LogP contribution in [0.3, 0.4) is 0 Å². The SMILES string of the molecule is c1ccc2[nH]ccc2c1.c1ccc2snnc2c1. The van der Waals surface area contributed by atoms with Crippen LogP contribution in [0.2, 0.25) is 0 Å². The Morgan fingerprint density at radius 1 is 0.889 bits per heavy atom. The third kappa shape index (κ3) is 2.24. The number of fused-ring (bicyclic) bond motifs is 2. The van der Waals surface area contributed by atoms with E-state index in [0.29, 0.717) is 0 Å². The molecule has 2 aromatic heterocycles. The average Bonchev–Trinajstić information content (AvgIpc) is 3.08. The maximum absolute atomic E-state index is 3.89. The Hall–Kier alpha value is -2.20. The lowest BCUT2D eigenvalue weighted by Gasteiger charge is -1.83. The van der Waals surface area contributed by atoms with Crippen LogP contribution in [0.4, 0.5) is 0 Å². The van der Waals surface area contributed by atoms with E-state index in [-0.39, 0.29) is 0 Å². The smallest absolute Gasteiger partial charge is 0.105 e. The Morgan fingerprint density at radius 2 is 1.72 bits per heavy atom. The number of hydrogen-bond donors (Lipinski definition) is 1. The van der Waals surface area contributed by atoms with Crippen LogP contribution in [0.1, 0.15) is 0 Å². The number of aromatic amines is 1. The predicted octanol–water partition coefficient (Wildman–Crippen LogP) is 3.86. The molecule has 0 aliphatic heterocycles. The molecule has 0 atom stereocenters. The molecule has 3 nitrogen and oxygen atoms in total. The van der Waals surface area contributed by atoms with E-state index in [1.807, 2.05) is 42.6 Å². The lowest BCUT2D eigenvalue weighted by Crippen LogP contribution is -1.63. The summed E-state index contributed by atoms with van der Waals surface area (Å²) in [5.41, 5.74) is 2.19. The first kappa shape index (κ1) is 10.9. The highest BCUT2D eigenvalue weighted by molar-refractivity contribution is 7.12. The third-order valence-electron chi connectivity index (χ3n) is 2.62. The van der Waals surface area contributed by atoms with Gasteiger partial charge in [0.05, 0.1) is 4.70 Å². The van der Waals surface area contributed by atoms with Crippen molar-refractivity contribution in [2.75, 3.05) is 0 Å². The van der Waals surface area contributed by atoms with E-state index in [1.165, 1.54) is 22.4 Å². The number of nitrogens with zero attached hydrogens (tertiary/aromatic N) is 2. The molecule has 0 unspecified atom stereocenters. The van der Waals surface area contributed by atoms with Gasteiger partial charge < -0.3 is 4.98 Å². The van der Waals surface area contributed by atoms with Crippen molar-refractivity contribution >= 4 is 32.7 Å². The Labute approximate surface area is 108 Å². The van der Waals surface area contributed by atoms with E-state index in [1.54, 1.807) is 0 Å². The highest BCUT2D eigenvalue weighted by Gasteiger charge is 1.91. The molecule has 2 heterocycles. The number of rotatable bonds is 0. The van der Waals surface area contributed by atoms with E-state index < -0.39 is 0 Å². The monoisotopic (exact) mass is 253 g/mol. The minimum atomic E-state index is 0.988. The van der Waals surface area contributed by atoms with Crippen molar-refractivity contribution in [3.8, 4) is 0 Å². The van der Waals surface area contributed by atoms with E-state index in [9.17, 15) is 0 Å². The molecule has 0 saturated heterocycles. The van der Waals surface area contributed by atoms with Gasteiger partial charge in [0.15, 0.2) is 0 Å². The molecule has 0 amide bonds. The van der Waals surface area contributed by atoms with Gasteiger partial charge >= 0.3 is 0 Å². The van der Waals surface area contributed by atoms with Crippen molar-refractivity contribution in [1.82, 2.24) is 14.6 Å². The first-order valence-corrected chi connectivity index (χ1v) is 6.40. The first-order chi connectivity index (χ1) is 8.93. The lowest BCUT2D eigenvalue weighted by atomic mass is 10.3. The van der Waals surface area contributed by atoms with Gasteiger partial charge in [-0.1, -0.05) is 34.8 Å². The summed E-state index contributed by atoms with van der Waals surface area (Å²) >= 11 is 1.43. The minimum absolute atomic E-state index is 0.988. The molecule has 0 bridgehead atoms. The highest BCUT2D eigenvalue weighted by Crippen LogP contribution is 2.12. The quantitative estimate of drug-likeness (QED) is 0.517. The number of nitrogens with one attached hydrogen (secondary N) is 1. The van der Waals surface area contributed by atoms with Crippen molar-refractivity contribution in [2.24, 2.45) is 0 Å². The van der Waals surface area contributed by atoms with Gasteiger partial charge in [-0.05, 0) is 41.2 Å². The molecule has 0 aliphatic rings. The number of hydrogen-bond acceptors (Lipinski definition) is 3. The average molecular weight is 253 g/mol. The van der Waals surface area contributed by atoms with Gasteiger partial charge in [-0.25, -0.2) is 0 Å². The number of H-pyrrole nitrogens is 1. The molecule has 0 radical (unpaired) electrons. The molecule has 0 aliphatic carbocycles. The summed E-state index contributed by atoms with van der Waals surface area (Å²) in [5, 5.41) is 5.16. The molecule has 18 heavy (non-hydrogen) atoms. The molecular weight excluding hydrogens is 242 g/mol. The fourth-order valence-electron chi connectivity index (χ4n) is 1.72.